The van der Waals surface area contributed by atoms with Gasteiger partial charge in [0.1, 0.15) is 5.00 Å². The quantitative estimate of drug-likeness (QED) is 0.656. The Balaban J connectivity index is 1.74. The number of hydrogen-bond donors (Lipinski definition) is 1. The summed E-state index contributed by atoms with van der Waals surface area (Å²) in [5.41, 5.74) is 1.68. The molecule has 0 aromatic carbocycles. The van der Waals surface area contributed by atoms with E-state index in [1.54, 1.807) is 11.3 Å². The van der Waals surface area contributed by atoms with Crippen molar-refractivity contribution in [3.63, 3.8) is 0 Å². The molecular weight excluding hydrogens is 336 g/mol. The highest BCUT2D eigenvalue weighted by atomic mass is 32.1. The molecule has 1 fully saturated rings. The highest BCUT2D eigenvalue weighted by molar-refractivity contribution is 7.17. The average molecular weight is 365 g/mol. The molecular formula is C19H28N2O3S. The number of piperidine rings is 1. The predicted octanol–water partition coefficient (Wildman–Crippen LogP) is 3.47. The maximum Gasteiger partial charge on any atom is 0.341 e. The SMILES string of the molecule is COC(=O)c1c(NC(=O)CN2CCCC(C)C2)sc2c1CCCCC2. The standard InChI is InChI=1S/C19H28N2O3S/c1-13-7-6-10-21(11-13)12-16(22)20-18-17(19(23)24-2)14-8-4-3-5-9-15(14)25-18/h13H,3-12H2,1-2H3,(H,20,22). The Morgan fingerprint density at radius 2 is 2.04 bits per heavy atom. The van der Waals surface area contributed by atoms with Gasteiger partial charge in [-0.25, -0.2) is 4.79 Å². The number of thiophene rings is 1. The summed E-state index contributed by atoms with van der Waals surface area (Å²) < 4.78 is 4.99. The summed E-state index contributed by atoms with van der Waals surface area (Å²) >= 11 is 1.56. The molecule has 0 bridgehead atoms. The lowest BCUT2D eigenvalue weighted by atomic mass is 10.0. The van der Waals surface area contributed by atoms with Gasteiger partial charge in [-0.15, -0.1) is 11.3 Å². The molecule has 1 unspecified atom stereocenters. The van der Waals surface area contributed by atoms with Crippen LogP contribution in [0.5, 0.6) is 0 Å². The number of nitrogens with one attached hydrogen (secondary N) is 1. The molecule has 6 heteroatoms. The highest BCUT2D eigenvalue weighted by Crippen LogP contribution is 2.38. The largest absolute Gasteiger partial charge is 0.465 e. The van der Waals surface area contributed by atoms with Gasteiger partial charge in [-0.05, 0) is 56.6 Å². The van der Waals surface area contributed by atoms with Crippen molar-refractivity contribution in [2.24, 2.45) is 5.92 Å². The van der Waals surface area contributed by atoms with Gasteiger partial charge in [0.25, 0.3) is 0 Å². The fourth-order valence-corrected chi connectivity index (χ4v) is 5.24. The fraction of sp³-hybridized carbons (Fsp3) is 0.684. The molecule has 2 heterocycles. The molecule has 0 saturated carbocycles. The lowest BCUT2D eigenvalue weighted by molar-refractivity contribution is -0.117. The molecule has 1 N–H and O–H groups in total. The number of hydrogen-bond acceptors (Lipinski definition) is 5. The van der Waals surface area contributed by atoms with Crippen LogP contribution in [0, 0.1) is 5.92 Å². The van der Waals surface area contributed by atoms with Crippen molar-refractivity contribution >= 4 is 28.2 Å². The molecule has 5 nitrogen and oxygen atoms in total. The van der Waals surface area contributed by atoms with E-state index in [0.717, 1.165) is 50.8 Å². The number of likely N-dealkylation sites (tertiary alicyclic amines) is 1. The first-order valence-corrected chi connectivity index (χ1v) is 10.1. The van der Waals surface area contributed by atoms with E-state index in [-0.39, 0.29) is 11.9 Å². The molecule has 1 amide bonds. The van der Waals surface area contributed by atoms with E-state index in [1.165, 1.54) is 24.8 Å². The zero-order chi connectivity index (χ0) is 17.8. The van der Waals surface area contributed by atoms with Crippen LogP contribution in [0.2, 0.25) is 0 Å². The summed E-state index contributed by atoms with van der Waals surface area (Å²) in [7, 11) is 1.41. The van der Waals surface area contributed by atoms with Gasteiger partial charge in [0.2, 0.25) is 5.91 Å². The summed E-state index contributed by atoms with van der Waals surface area (Å²) in [6, 6.07) is 0. The summed E-state index contributed by atoms with van der Waals surface area (Å²) in [4.78, 5) is 28.3. The molecule has 1 atom stereocenters. The number of anilines is 1. The number of methoxy groups -OCH3 is 1. The van der Waals surface area contributed by atoms with Crippen molar-refractivity contribution in [2.45, 2.75) is 51.9 Å². The fourth-order valence-electron chi connectivity index (χ4n) is 3.95. The summed E-state index contributed by atoms with van der Waals surface area (Å²) in [6.07, 6.45) is 7.70. The third-order valence-corrected chi connectivity index (χ3v) is 6.38. The van der Waals surface area contributed by atoms with Crippen LogP contribution in [0.25, 0.3) is 0 Å². The third-order valence-electron chi connectivity index (χ3n) is 5.17. The van der Waals surface area contributed by atoms with Gasteiger partial charge in [-0.1, -0.05) is 13.3 Å². The first-order valence-electron chi connectivity index (χ1n) is 9.33. The summed E-state index contributed by atoms with van der Waals surface area (Å²) in [6.45, 7) is 4.57. The van der Waals surface area contributed by atoms with Crippen LogP contribution in [0.15, 0.2) is 0 Å². The Morgan fingerprint density at radius 3 is 2.80 bits per heavy atom. The van der Waals surface area contributed by atoms with E-state index in [1.807, 2.05) is 0 Å². The number of ether oxygens (including phenoxy) is 1. The maximum absolute atomic E-state index is 12.5. The van der Waals surface area contributed by atoms with E-state index in [4.69, 9.17) is 4.74 Å². The van der Waals surface area contributed by atoms with Gasteiger partial charge >= 0.3 is 5.97 Å². The number of carbonyl (C=O) groups excluding carboxylic acids is 2. The van der Waals surface area contributed by atoms with Crippen LogP contribution in [0.3, 0.4) is 0 Å². The second-order valence-electron chi connectivity index (χ2n) is 7.29. The Hall–Kier alpha value is -1.40. The zero-order valence-electron chi connectivity index (χ0n) is 15.2. The second kappa shape index (κ2) is 8.32. The normalized spacial score (nSPS) is 21.3. The Kier molecular flexibility index (Phi) is 6.12. The minimum absolute atomic E-state index is 0.0318. The molecule has 0 spiro atoms. The third kappa shape index (κ3) is 4.42. The molecule has 138 valence electrons. The van der Waals surface area contributed by atoms with Crippen LogP contribution in [0.4, 0.5) is 5.00 Å². The minimum Gasteiger partial charge on any atom is -0.465 e. The Labute approximate surface area is 153 Å². The van der Waals surface area contributed by atoms with Crippen molar-refractivity contribution in [2.75, 3.05) is 32.1 Å². The predicted molar refractivity (Wildman–Crippen MR) is 100 cm³/mol. The van der Waals surface area contributed by atoms with Crippen molar-refractivity contribution in [3.05, 3.63) is 16.0 Å². The van der Waals surface area contributed by atoms with Crippen molar-refractivity contribution in [3.8, 4) is 0 Å². The minimum atomic E-state index is -0.332. The number of nitrogens with zero attached hydrogens (tertiary/aromatic N) is 1. The van der Waals surface area contributed by atoms with Crippen molar-refractivity contribution < 1.29 is 14.3 Å². The van der Waals surface area contributed by atoms with E-state index in [2.05, 4.69) is 17.1 Å². The van der Waals surface area contributed by atoms with Crippen LogP contribution in [0.1, 0.15) is 59.8 Å². The van der Waals surface area contributed by atoms with E-state index < -0.39 is 0 Å². The number of amides is 1. The topological polar surface area (TPSA) is 58.6 Å². The Bertz CT molecular complexity index is 641. The highest BCUT2D eigenvalue weighted by Gasteiger charge is 2.27. The van der Waals surface area contributed by atoms with Crippen LogP contribution in [-0.2, 0) is 22.4 Å². The number of fused-ring (bicyclic) bond motifs is 1. The summed E-state index contributed by atoms with van der Waals surface area (Å²) in [5.74, 6) is 0.280. The smallest absolute Gasteiger partial charge is 0.341 e. The molecule has 25 heavy (non-hydrogen) atoms. The monoisotopic (exact) mass is 364 g/mol. The molecule has 1 aromatic heterocycles. The van der Waals surface area contributed by atoms with Gasteiger partial charge in [0, 0.05) is 11.4 Å². The average Bonchev–Trinajstić information content (AvgIpc) is 2.75. The number of aryl methyl sites for hydroxylation is 1. The van der Waals surface area contributed by atoms with Crippen LogP contribution in [-0.4, -0.2) is 43.5 Å². The number of esters is 1. The Morgan fingerprint density at radius 1 is 1.24 bits per heavy atom. The van der Waals surface area contributed by atoms with E-state index in [0.29, 0.717) is 23.0 Å². The first-order chi connectivity index (χ1) is 12.1. The van der Waals surface area contributed by atoms with Gasteiger partial charge in [-0.3, -0.25) is 9.69 Å². The zero-order valence-corrected chi connectivity index (χ0v) is 16.0. The molecule has 3 rings (SSSR count). The lowest BCUT2D eigenvalue weighted by Gasteiger charge is -2.30. The van der Waals surface area contributed by atoms with Gasteiger partial charge in [0.15, 0.2) is 0 Å². The van der Waals surface area contributed by atoms with Crippen LogP contribution >= 0.6 is 11.3 Å². The number of carbonyl (C=O) groups is 2. The molecule has 1 aliphatic carbocycles. The van der Waals surface area contributed by atoms with E-state index in [9.17, 15) is 9.59 Å². The lowest BCUT2D eigenvalue weighted by Crippen LogP contribution is -2.39. The molecule has 0 radical (unpaired) electrons. The van der Waals surface area contributed by atoms with Gasteiger partial charge in [0.05, 0.1) is 19.2 Å². The molecule has 1 aliphatic heterocycles. The first kappa shape index (κ1) is 18.4. The maximum atomic E-state index is 12.5. The second-order valence-corrected chi connectivity index (χ2v) is 8.40. The summed E-state index contributed by atoms with van der Waals surface area (Å²) in [5, 5.41) is 3.68. The van der Waals surface area contributed by atoms with E-state index >= 15 is 0 Å². The van der Waals surface area contributed by atoms with Crippen LogP contribution < -0.4 is 5.32 Å². The van der Waals surface area contributed by atoms with Crippen molar-refractivity contribution in [1.82, 2.24) is 4.90 Å². The molecule has 1 aromatic rings. The van der Waals surface area contributed by atoms with Gasteiger partial charge in [-0.2, -0.15) is 0 Å². The molecule has 1 saturated heterocycles. The molecule has 2 aliphatic rings. The van der Waals surface area contributed by atoms with Crippen molar-refractivity contribution in [1.29, 1.82) is 0 Å². The number of rotatable bonds is 4. The van der Waals surface area contributed by atoms with Gasteiger partial charge < -0.3 is 10.1 Å².